The van der Waals surface area contributed by atoms with Gasteiger partial charge in [0, 0.05) is 18.2 Å². The number of aliphatic hydroxyl groups is 1. The number of hydrogen-bond donors (Lipinski definition) is 1. The summed E-state index contributed by atoms with van der Waals surface area (Å²) in [5.74, 6) is 0.165. The molecule has 0 radical (unpaired) electrons. The van der Waals surface area contributed by atoms with Gasteiger partial charge in [-0.25, -0.2) is 0 Å². The standard InChI is InChI=1S/C13H11NO6/c15-6-11-5-12(16)13(8-19-11)20-7-9-1-3-10(4-2-9)14(17)18/h1-5,8,15H,6-7H2. The van der Waals surface area contributed by atoms with Crippen molar-refractivity contribution in [3.8, 4) is 5.75 Å². The van der Waals surface area contributed by atoms with E-state index in [1.165, 1.54) is 12.1 Å². The van der Waals surface area contributed by atoms with Crippen LogP contribution in [-0.4, -0.2) is 10.0 Å². The third kappa shape index (κ3) is 3.21. The molecule has 0 saturated carbocycles. The van der Waals surface area contributed by atoms with Crippen molar-refractivity contribution in [1.29, 1.82) is 0 Å². The highest BCUT2D eigenvalue weighted by Gasteiger charge is 2.06. The van der Waals surface area contributed by atoms with Gasteiger partial charge in [-0.3, -0.25) is 14.9 Å². The minimum absolute atomic E-state index is 0.0134. The Morgan fingerprint density at radius 2 is 2.00 bits per heavy atom. The number of non-ortho nitro benzene ring substituents is 1. The summed E-state index contributed by atoms with van der Waals surface area (Å²) in [4.78, 5) is 21.6. The van der Waals surface area contributed by atoms with Crippen LogP contribution in [0, 0.1) is 10.1 Å². The lowest BCUT2D eigenvalue weighted by molar-refractivity contribution is -0.384. The molecule has 20 heavy (non-hydrogen) atoms. The first kappa shape index (κ1) is 13.8. The van der Waals surface area contributed by atoms with Gasteiger partial charge in [0.2, 0.25) is 11.2 Å². The highest BCUT2D eigenvalue weighted by molar-refractivity contribution is 5.32. The van der Waals surface area contributed by atoms with Crippen molar-refractivity contribution in [3.63, 3.8) is 0 Å². The van der Waals surface area contributed by atoms with Gasteiger partial charge in [-0.1, -0.05) is 0 Å². The normalized spacial score (nSPS) is 10.2. The summed E-state index contributed by atoms with van der Waals surface area (Å²) in [5, 5.41) is 19.3. The maximum atomic E-state index is 11.6. The second kappa shape index (κ2) is 5.98. The monoisotopic (exact) mass is 277 g/mol. The topological polar surface area (TPSA) is 103 Å². The Morgan fingerprint density at radius 1 is 1.30 bits per heavy atom. The first-order chi connectivity index (χ1) is 9.60. The third-order valence-corrected chi connectivity index (χ3v) is 2.55. The highest BCUT2D eigenvalue weighted by atomic mass is 16.6. The number of hydrogen-bond acceptors (Lipinski definition) is 6. The molecule has 7 heteroatoms. The number of benzene rings is 1. The minimum atomic E-state index is -0.493. The van der Waals surface area contributed by atoms with Crippen molar-refractivity contribution in [1.82, 2.24) is 0 Å². The molecule has 0 spiro atoms. The summed E-state index contributed by atoms with van der Waals surface area (Å²) in [6.45, 7) is -0.279. The van der Waals surface area contributed by atoms with Gasteiger partial charge in [0.05, 0.1) is 4.92 Å². The van der Waals surface area contributed by atoms with Crippen LogP contribution >= 0.6 is 0 Å². The van der Waals surface area contributed by atoms with Gasteiger partial charge in [0.1, 0.15) is 25.2 Å². The first-order valence-electron chi connectivity index (χ1n) is 5.69. The molecule has 1 aromatic carbocycles. The Kier molecular flexibility index (Phi) is 4.11. The average Bonchev–Trinajstić information content (AvgIpc) is 2.46. The number of nitrogens with zero attached hydrogens (tertiary/aromatic N) is 1. The minimum Gasteiger partial charge on any atom is -0.482 e. The number of aliphatic hydroxyl groups excluding tert-OH is 1. The van der Waals surface area contributed by atoms with E-state index in [0.29, 0.717) is 5.56 Å². The van der Waals surface area contributed by atoms with E-state index in [0.717, 1.165) is 12.3 Å². The Morgan fingerprint density at radius 3 is 2.55 bits per heavy atom. The lowest BCUT2D eigenvalue weighted by atomic mass is 10.2. The number of nitro groups is 1. The predicted octanol–water partition coefficient (Wildman–Crippen LogP) is 1.62. The first-order valence-corrected chi connectivity index (χ1v) is 5.69. The maximum absolute atomic E-state index is 11.6. The Hall–Kier alpha value is -2.67. The largest absolute Gasteiger partial charge is 0.482 e. The van der Waals surface area contributed by atoms with Crippen molar-refractivity contribution < 1.29 is 19.2 Å². The van der Waals surface area contributed by atoms with Crippen molar-refractivity contribution in [2.24, 2.45) is 0 Å². The molecular formula is C13H11NO6. The van der Waals surface area contributed by atoms with Crippen molar-refractivity contribution in [2.45, 2.75) is 13.2 Å². The fourth-order valence-corrected chi connectivity index (χ4v) is 1.50. The molecule has 0 saturated heterocycles. The maximum Gasteiger partial charge on any atom is 0.269 e. The van der Waals surface area contributed by atoms with Crippen LogP contribution in [0.25, 0.3) is 0 Å². The molecule has 1 heterocycles. The lowest BCUT2D eigenvalue weighted by Gasteiger charge is -2.05. The van der Waals surface area contributed by atoms with Gasteiger partial charge >= 0.3 is 0 Å². The fraction of sp³-hybridized carbons (Fsp3) is 0.154. The molecule has 104 valence electrons. The average molecular weight is 277 g/mol. The molecular weight excluding hydrogens is 266 g/mol. The molecule has 0 fully saturated rings. The van der Waals surface area contributed by atoms with E-state index in [1.807, 2.05) is 0 Å². The summed E-state index contributed by atoms with van der Waals surface area (Å²) < 4.78 is 10.2. The molecule has 2 rings (SSSR count). The van der Waals surface area contributed by atoms with Crippen LogP contribution in [0.1, 0.15) is 11.3 Å². The van der Waals surface area contributed by atoms with Crippen LogP contribution in [0.2, 0.25) is 0 Å². The summed E-state index contributed by atoms with van der Waals surface area (Å²) >= 11 is 0. The van der Waals surface area contributed by atoms with Crippen LogP contribution in [0.15, 0.2) is 45.8 Å². The van der Waals surface area contributed by atoms with Crippen molar-refractivity contribution in [3.05, 3.63) is 68.3 Å². The van der Waals surface area contributed by atoms with Crippen LogP contribution < -0.4 is 10.2 Å². The molecule has 0 aliphatic carbocycles. The second-order valence-electron chi connectivity index (χ2n) is 3.95. The van der Waals surface area contributed by atoms with Crippen molar-refractivity contribution in [2.75, 3.05) is 0 Å². The Balaban J connectivity index is 2.05. The fourth-order valence-electron chi connectivity index (χ4n) is 1.50. The molecule has 0 aliphatic heterocycles. The third-order valence-electron chi connectivity index (χ3n) is 2.55. The van der Waals surface area contributed by atoms with E-state index >= 15 is 0 Å². The molecule has 1 N–H and O–H groups in total. The van der Waals surface area contributed by atoms with Gasteiger partial charge in [-0.15, -0.1) is 0 Å². The van der Waals surface area contributed by atoms with E-state index < -0.39 is 10.4 Å². The predicted molar refractivity (Wildman–Crippen MR) is 68.3 cm³/mol. The zero-order chi connectivity index (χ0) is 14.5. The summed E-state index contributed by atoms with van der Waals surface area (Å²) in [6, 6.07) is 6.95. The molecule has 0 amide bonds. The molecule has 7 nitrogen and oxygen atoms in total. The molecule has 2 aromatic rings. The summed E-state index contributed by atoms with van der Waals surface area (Å²) in [6.07, 6.45) is 1.12. The number of nitro benzene ring substituents is 1. The molecule has 0 atom stereocenters. The number of ether oxygens (including phenoxy) is 1. The van der Waals surface area contributed by atoms with Gasteiger partial charge in [-0.05, 0) is 17.7 Å². The summed E-state index contributed by atoms with van der Waals surface area (Å²) in [7, 11) is 0. The van der Waals surface area contributed by atoms with Gasteiger partial charge in [0.25, 0.3) is 5.69 Å². The van der Waals surface area contributed by atoms with Crippen LogP contribution in [0.4, 0.5) is 5.69 Å². The highest BCUT2D eigenvalue weighted by Crippen LogP contribution is 2.14. The van der Waals surface area contributed by atoms with E-state index in [1.54, 1.807) is 12.1 Å². The van der Waals surface area contributed by atoms with Gasteiger partial charge in [0.15, 0.2) is 0 Å². The smallest absolute Gasteiger partial charge is 0.269 e. The summed E-state index contributed by atoms with van der Waals surface area (Å²) in [5.41, 5.74) is 0.268. The van der Waals surface area contributed by atoms with Gasteiger partial charge < -0.3 is 14.3 Å². The van der Waals surface area contributed by atoms with Crippen LogP contribution in [0.3, 0.4) is 0 Å². The molecule has 0 bridgehead atoms. The molecule has 0 unspecified atom stereocenters. The Labute approximate surface area is 113 Å². The number of rotatable bonds is 5. The molecule has 0 aliphatic rings. The van der Waals surface area contributed by atoms with E-state index in [-0.39, 0.29) is 30.4 Å². The zero-order valence-corrected chi connectivity index (χ0v) is 10.3. The van der Waals surface area contributed by atoms with E-state index in [2.05, 4.69) is 0 Å². The lowest BCUT2D eigenvalue weighted by Crippen LogP contribution is -2.08. The van der Waals surface area contributed by atoms with Crippen molar-refractivity contribution >= 4 is 5.69 Å². The quantitative estimate of drug-likeness (QED) is 0.658. The van der Waals surface area contributed by atoms with Crippen LogP contribution in [0.5, 0.6) is 5.75 Å². The SMILES string of the molecule is O=c1cc(CO)occ1OCc1ccc([N+](=O)[O-])cc1. The van der Waals surface area contributed by atoms with Crippen LogP contribution in [-0.2, 0) is 13.2 Å². The second-order valence-corrected chi connectivity index (χ2v) is 3.95. The molecule has 1 aromatic heterocycles. The van der Waals surface area contributed by atoms with E-state index in [9.17, 15) is 14.9 Å². The van der Waals surface area contributed by atoms with E-state index in [4.69, 9.17) is 14.3 Å². The zero-order valence-electron chi connectivity index (χ0n) is 10.3. The Bertz CT molecular complexity index is 661. The van der Waals surface area contributed by atoms with Gasteiger partial charge in [-0.2, -0.15) is 0 Å².